The number of nitrogens with one attached hydrogen (secondary N) is 1. The van der Waals surface area contributed by atoms with Crippen LogP contribution < -0.4 is 5.32 Å². The van der Waals surface area contributed by atoms with Crippen LogP contribution in [0.3, 0.4) is 0 Å². The number of anilines is 1. The monoisotopic (exact) mass is 312 g/mol. The smallest absolute Gasteiger partial charge is 0.235 e. The Morgan fingerprint density at radius 2 is 1.83 bits per heavy atom. The number of hydrogen-bond donors (Lipinski definition) is 1. The predicted octanol–water partition coefficient (Wildman–Crippen LogP) is 2.33. The molecule has 122 valence electrons. The maximum atomic E-state index is 13.2. The molecular weight excluding hydrogens is 288 g/mol. The number of nitrogens with zero attached hydrogens (tertiary/aromatic N) is 3. The van der Waals surface area contributed by atoms with Crippen LogP contribution in [-0.4, -0.2) is 40.7 Å². The van der Waals surface area contributed by atoms with E-state index in [0.717, 1.165) is 42.9 Å². The van der Waals surface area contributed by atoms with Crippen molar-refractivity contribution in [2.24, 2.45) is 7.05 Å². The summed E-state index contributed by atoms with van der Waals surface area (Å²) in [5, 5.41) is 7.33. The molecule has 0 bridgehead atoms. The Balaban J connectivity index is 1.92. The van der Waals surface area contributed by atoms with E-state index in [4.69, 9.17) is 0 Å². The molecule has 0 saturated carbocycles. The highest BCUT2D eigenvalue weighted by Gasteiger charge is 2.42. The number of piperidine rings is 1. The quantitative estimate of drug-likeness (QED) is 0.946. The summed E-state index contributed by atoms with van der Waals surface area (Å²) in [6.07, 6.45) is 3.39. The summed E-state index contributed by atoms with van der Waals surface area (Å²) in [7, 11) is 3.99. The minimum absolute atomic E-state index is 0.0768. The average Bonchev–Trinajstić information content (AvgIpc) is 2.88. The lowest BCUT2D eigenvalue weighted by Gasteiger charge is -2.39. The number of aryl methyl sites for hydroxylation is 1. The lowest BCUT2D eigenvalue weighted by atomic mass is 9.72. The van der Waals surface area contributed by atoms with Gasteiger partial charge in [-0.15, -0.1) is 0 Å². The highest BCUT2D eigenvalue weighted by Crippen LogP contribution is 2.36. The molecule has 1 aliphatic rings. The number of benzene rings is 1. The van der Waals surface area contributed by atoms with Crippen LogP contribution in [0.5, 0.6) is 0 Å². The van der Waals surface area contributed by atoms with Gasteiger partial charge >= 0.3 is 0 Å². The van der Waals surface area contributed by atoms with Gasteiger partial charge < -0.3 is 10.2 Å². The first-order valence-electron chi connectivity index (χ1n) is 8.07. The number of carbonyl (C=O) groups excluding carboxylic acids is 1. The summed E-state index contributed by atoms with van der Waals surface area (Å²) in [6.45, 7) is 3.81. The molecule has 1 saturated heterocycles. The molecule has 1 aromatic carbocycles. The van der Waals surface area contributed by atoms with Crippen LogP contribution in [0.4, 0.5) is 5.69 Å². The molecule has 2 heterocycles. The third-order valence-corrected chi connectivity index (χ3v) is 5.09. The van der Waals surface area contributed by atoms with Crippen LogP contribution in [-0.2, 0) is 17.3 Å². The predicted molar refractivity (Wildman–Crippen MR) is 91.4 cm³/mol. The van der Waals surface area contributed by atoms with Crippen LogP contribution in [0.15, 0.2) is 36.5 Å². The van der Waals surface area contributed by atoms with Gasteiger partial charge in [0.15, 0.2) is 0 Å². The van der Waals surface area contributed by atoms with E-state index in [-0.39, 0.29) is 5.91 Å². The van der Waals surface area contributed by atoms with E-state index in [1.54, 1.807) is 10.9 Å². The molecule has 1 aromatic heterocycles. The molecule has 1 fully saturated rings. The van der Waals surface area contributed by atoms with Crippen molar-refractivity contribution in [1.29, 1.82) is 0 Å². The third kappa shape index (κ3) is 2.88. The molecule has 5 nitrogen and oxygen atoms in total. The molecular formula is C18H24N4O. The van der Waals surface area contributed by atoms with Crippen LogP contribution >= 0.6 is 0 Å². The van der Waals surface area contributed by atoms with Crippen molar-refractivity contribution in [2.75, 3.05) is 25.5 Å². The van der Waals surface area contributed by atoms with Crippen LogP contribution in [0.25, 0.3) is 0 Å². The normalized spacial score (nSPS) is 17.9. The Bertz CT molecular complexity index is 684. The zero-order chi connectivity index (χ0) is 16.4. The second-order valence-corrected chi connectivity index (χ2v) is 6.47. The zero-order valence-corrected chi connectivity index (χ0v) is 14.0. The summed E-state index contributed by atoms with van der Waals surface area (Å²) in [5.41, 5.74) is 2.41. The fourth-order valence-corrected chi connectivity index (χ4v) is 3.27. The molecule has 5 heteroatoms. The van der Waals surface area contributed by atoms with Crippen molar-refractivity contribution >= 4 is 11.6 Å². The molecule has 1 N–H and O–H groups in total. The van der Waals surface area contributed by atoms with Gasteiger partial charge in [0.25, 0.3) is 0 Å². The highest BCUT2D eigenvalue weighted by molar-refractivity contribution is 5.99. The molecule has 1 aliphatic heterocycles. The largest absolute Gasteiger partial charge is 0.322 e. The summed E-state index contributed by atoms with van der Waals surface area (Å²) in [5.74, 6) is 0.0768. The first-order valence-corrected chi connectivity index (χ1v) is 8.07. The minimum Gasteiger partial charge on any atom is -0.322 e. The van der Waals surface area contributed by atoms with E-state index in [1.165, 1.54) is 0 Å². The summed E-state index contributed by atoms with van der Waals surface area (Å²) in [6, 6.07) is 10.2. The first kappa shape index (κ1) is 15.7. The van der Waals surface area contributed by atoms with Gasteiger partial charge in [0, 0.05) is 7.05 Å². The van der Waals surface area contributed by atoms with Crippen LogP contribution in [0.1, 0.15) is 24.1 Å². The molecule has 1 amide bonds. The molecule has 0 aliphatic carbocycles. The average molecular weight is 312 g/mol. The van der Waals surface area contributed by atoms with Crippen molar-refractivity contribution in [3.8, 4) is 0 Å². The van der Waals surface area contributed by atoms with Gasteiger partial charge in [-0.2, -0.15) is 5.10 Å². The SMILES string of the molecule is Cc1c(NC(=O)C2(c3ccccc3)CCN(C)CC2)cnn1C. The summed E-state index contributed by atoms with van der Waals surface area (Å²) < 4.78 is 1.78. The van der Waals surface area contributed by atoms with E-state index in [2.05, 4.69) is 34.5 Å². The molecule has 2 aromatic rings. The van der Waals surface area contributed by atoms with E-state index in [0.29, 0.717) is 0 Å². The van der Waals surface area contributed by atoms with Crippen LogP contribution in [0.2, 0.25) is 0 Å². The summed E-state index contributed by atoms with van der Waals surface area (Å²) >= 11 is 0. The Kier molecular flexibility index (Phi) is 4.22. The van der Waals surface area contributed by atoms with Gasteiger partial charge in [-0.1, -0.05) is 30.3 Å². The molecule has 0 atom stereocenters. The van der Waals surface area contributed by atoms with Gasteiger partial charge in [-0.05, 0) is 45.5 Å². The van der Waals surface area contributed by atoms with Crippen molar-refractivity contribution < 1.29 is 4.79 Å². The van der Waals surface area contributed by atoms with Crippen molar-refractivity contribution in [1.82, 2.24) is 14.7 Å². The minimum atomic E-state index is -0.462. The fraction of sp³-hybridized carbons (Fsp3) is 0.444. The van der Waals surface area contributed by atoms with E-state index in [1.807, 2.05) is 32.2 Å². The molecule has 23 heavy (non-hydrogen) atoms. The first-order chi connectivity index (χ1) is 11.0. The van der Waals surface area contributed by atoms with Gasteiger partial charge in [0.05, 0.1) is 23.0 Å². The van der Waals surface area contributed by atoms with Gasteiger partial charge in [0.2, 0.25) is 5.91 Å². The standard InChI is InChI=1S/C18H24N4O/c1-14-16(13-19-22(14)3)20-17(23)18(9-11-21(2)12-10-18)15-7-5-4-6-8-15/h4-8,13H,9-12H2,1-3H3,(H,20,23). The maximum absolute atomic E-state index is 13.2. The Hall–Kier alpha value is -2.14. The van der Waals surface area contributed by atoms with Crippen molar-refractivity contribution in [3.05, 3.63) is 47.8 Å². The third-order valence-electron chi connectivity index (χ3n) is 5.09. The number of carbonyl (C=O) groups is 1. The number of hydrogen-bond acceptors (Lipinski definition) is 3. The lowest BCUT2D eigenvalue weighted by Crippen LogP contribution is -2.48. The zero-order valence-electron chi connectivity index (χ0n) is 14.0. The number of aromatic nitrogens is 2. The maximum Gasteiger partial charge on any atom is 0.235 e. The number of amides is 1. The fourth-order valence-electron chi connectivity index (χ4n) is 3.27. The second kappa shape index (κ2) is 6.16. The summed E-state index contributed by atoms with van der Waals surface area (Å²) in [4.78, 5) is 15.5. The number of rotatable bonds is 3. The van der Waals surface area contributed by atoms with Gasteiger partial charge in [-0.25, -0.2) is 0 Å². The van der Waals surface area contributed by atoms with Crippen molar-refractivity contribution in [3.63, 3.8) is 0 Å². The van der Waals surface area contributed by atoms with E-state index < -0.39 is 5.41 Å². The van der Waals surface area contributed by atoms with Crippen molar-refractivity contribution in [2.45, 2.75) is 25.2 Å². The van der Waals surface area contributed by atoms with Gasteiger partial charge in [0.1, 0.15) is 0 Å². The molecule has 0 radical (unpaired) electrons. The topological polar surface area (TPSA) is 50.2 Å². The van der Waals surface area contributed by atoms with E-state index >= 15 is 0 Å². The van der Waals surface area contributed by atoms with Crippen LogP contribution in [0, 0.1) is 6.92 Å². The lowest BCUT2D eigenvalue weighted by molar-refractivity contribution is -0.123. The number of likely N-dealkylation sites (tertiary alicyclic amines) is 1. The molecule has 0 unspecified atom stereocenters. The molecule has 0 spiro atoms. The Labute approximate surface area is 137 Å². The second-order valence-electron chi connectivity index (χ2n) is 6.47. The Morgan fingerprint density at radius 1 is 1.17 bits per heavy atom. The van der Waals surface area contributed by atoms with Gasteiger partial charge in [-0.3, -0.25) is 9.48 Å². The highest BCUT2D eigenvalue weighted by atomic mass is 16.2. The molecule has 3 rings (SSSR count). The Morgan fingerprint density at radius 3 is 2.39 bits per heavy atom. The van der Waals surface area contributed by atoms with E-state index in [9.17, 15) is 4.79 Å².